The maximum Gasteiger partial charge on any atom is 0.266 e. The molecule has 1 aromatic rings. The molecule has 1 heterocycles. The van der Waals surface area contributed by atoms with Crippen molar-refractivity contribution in [2.45, 2.75) is 44.9 Å². The van der Waals surface area contributed by atoms with Gasteiger partial charge in [0.15, 0.2) is 0 Å². The second kappa shape index (κ2) is 4.52. The third-order valence-corrected chi connectivity index (χ3v) is 3.36. The average molecular weight is 216 g/mol. The molecule has 0 aliphatic heterocycles. The van der Waals surface area contributed by atoms with Gasteiger partial charge >= 0.3 is 0 Å². The van der Waals surface area contributed by atoms with Gasteiger partial charge in [0.25, 0.3) is 5.56 Å². The van der Waals surface area contributed by atoms with Crippen LogP contribution in [0.1, 0.15) is 54.8 Å². The van der Waals surface area contributed by atoms with E-state index in [4.69, 9.17) is 5.26 Å². The summed E-state index contributed by atoms with van der Waals surface area (Å²) in [4.78, 5) is 14.3. The first kappa shape index (κ1) is 10.9. The van der Waals surface area contributed by atoms with Gasteiger partial charge in [-0.25, -0.2) is 0 Å². The summed E-state index contributed by atoms with van der Waals surface area (Å²) in [6, 6.07) is 4.01. The summed E-state index contributed by atoms with van der Waals surface area (Å²) in [7, 11) is 0. The zero-order chi connectivity index (χ0) is 11.5. The number of aromatic amines is 1. The van der Waals surface area contributed by atoms with Crippen LogP contribution in [-0.2, 0) is 0 Å². The molecule has 84 valence electrons. The summed E-state index contributed by atoms with van der Waals surface area (Å²) in [5.41, 5.74) is 1.90. The van der Waals surface area contributed by atoms with Crippen molar-refractivity contribution >= 4 is 0 Å². The van der Waals surface area contributed by atoms with Gasteiger partial charge in [0.2, 0.25) is 0 Å². The Balaban J connectivity index is 2.46. The Morgan fingerprint density at radius 1 is 1.38 bits per heavy atom. The van der Waals surface area contributed by atoms with Crippen LogP contribution in [0.15, 0.2) is 10.9 Å². The van der Waals surface area contributed by atoms with Gasteiger partial charge in [-0.15, -0.1) is 0 Å². The fourth-order valence-electron chi connectivity index (χ4n) is 2.57. The standard InChI is InChI=1S/C13H16N2O/c1-9-7-11(10-5-3-2-4-6-10)12(8-14)13(16)15-9/h7,10H,2-6H2,1H3,(H,15,16). The highest BCUT2D eigenvalue weighted by atomic mass is 16.1. The van der Waals surface area contributed by atoms with Crippen LogP contribution in [0.4, 0.5) is 0 Å². The van der Waals surface area contributed by atoms with Gasteiger partial charge in [-0.3, -0.25) is 4.79 Å². The third kappa shape index (κ3) is 2.01. The number of hydrogen-bond acceptors (Lipinski definition) is 2. The lowest BCUT2D eigenvalue weighted by Gasteiger charge is -2.22. The predicted molar refractivity (Wildman–Crippen MR) is 62.3 cm³/mol. The van der Waals surface area contributed by atoms with E-state index in [1.54, 1.807) is 0 Å². The molecule has 2 rings (SSSR count). The van der Waals surface area contributed by atoms with Crippen molar-refractivity contribution in [1.29, 1.82) is 5.26 Å². The van der Waals surface area contributed by atoms with Crippen LogP contribution in [-0.4, -0.2) is 4.98 Å². The van der Waals surface area contributed by atoms with E-state index in [9.17, 15) is 4.79 Å². The van der Waals surface area contributed by atoms with E-state index in [2.05, 4.69) is 4.98 Å². The molecule has 1 aliphatic rings. The van der Waals surface area contributed by atoms with Crippen molar-refractivity contribution in [1.82, 2.24) is 4.98 Å². The average Bonchev–Trinajstić information content (AvgIpc) is 2.29. The summed E-state index contributed by atoms with van der Waals surface area (Å²) in [5.74, 6) is 0.407. The molecule has 0 aromatic carbocycles. The second-order valence-corrected chi connectivity index (χ2v) is 4.56. The normalized spacial score (nSPS) is 17.0. The number of nitriles is 1. The summed E-state index contributed by atoms with van der Waals surface area (Å²) in [6.45, 7) is 1.87. The Kier molecular flexibility index (Phi) is 3.09. The first-order valence-electron chi connectivity index (χ1n) is 5.86. The van der Waals surface area contributed by atoms with Crippen molar-refractivity contribution in [3.63, 3.8) is 0 Å². The number of aromatic nitrogens is 1. The van der Waals surface area contributed by atoms with Gasteiger partial charge in [0.1, 0.15) is 11.6 Å². The number of hydrogen-bond donors (Lipinski definition) is 1. The Hall–Kier alpha value is -1.56. The van der Waals surface area contributed by atoms with Crippen molar-refractivity contribution in [3.05, 3.63) is 33.2 Å². The van der Waals surface area contributed by atoms with E-state index < -0.39 is 0 Å². The summed E-state index contributed by atoms with van der Waals surface area (Å²) >= 11 is 0. The Morgan fingerprint density at radius 2 is 2.06 bits per heavy atom. The molecule has 3 heteroatoms. The molecule has 0 unspecified atom stereocenters. The second-order valence-electron chi connectivity index (χ2n) is 4.56. The van der Waals surface area contributed by atoms with Crippen LogP contribution in [0.2, 0.25) is 0 Å². The zero-order valence-electron chi connectivity index (χ0n) is 9.55. The largest absolute Gasteiger partial charge is 0.325 e. The highest BCUT2D eigenvalue weighted by molar-refractivity contribution is 5.39. The monoisotopic (exact) mass is 216 g/mol. The van der Waals surface area contributed by atoms with Crippen LogP contribution >= 0.6 is 0 Å². The van der Waals surface area contributed by atoms with Gasteiger partial charge in [-0.2, -0.15) is 5.26 Å². The van der Waals surface area contributed by atoms with Crippen molar-refractivity contribution in [2.24, 2.45) is 0 Å². The minimum atomic E-state index is -0.233. The molecule has 0 atom stereocenters. The highest BCUT2D eigenvalue weighted by Gasteiger charge is 2.20. The Bertz CT molecular complexity index is 476. The van der Waals surface area contributed by atoms with Gasteiger partial charge < -0.3 is 4.98 Å². The topological polar surface area (TPSA) is 56.6 Å². The fraction of sp³-hybridized carbons (Fsp3) is 0.538. The van der Waals surface area contributed by atoms with Gasteiger partial charge in [-0.05, 0) is 37.3 Å². The highest BCUT2D eigenvalue weighted by Crippen LogP contribution is 2.33. The number of nitrogens with zero attached hydrogens (tertiary/aromatic N) is 1. The molecule has 1 saturated carbocycles. The van der Waals surface area contributed by atoms with E-state index in [-0.39, 0.29) is 5.56 Å². The molecule has 0 radical (unpaired) electrons. The van der Waals surface area contributed by atoms with Crippen LogP contribution in [0.3, 0.4) is 0 Å². The SMILES string of the molecule is Cc1cc(C2CCCCC2)c(C#N)c(=O)[nH]1. The molecule has 1 aliphatic carbocycles. The van der Waals surface area contributed by atoms with E-state index >= 15 is 0 Å². The zero-order valence-corrected chi connectivity index (χ0v) is 9.55. The minimum Gasteiger partial charge on any atom is -0.325 e. The van der Waals surface area contributed by atoms with E-state index in [0.29, 0.717) is 11.5 Å². The first-order valence-corrected chi connectivity index (χ1v) is 5.86. The maximum atomic E-state index is 11.7. The van der Waals surface area contributed by atoms with E-state index in [0.717, 1.165) is 24.1 Å². The molecular formula is C13H16N2O. The lowest BCUT2D eigenvalue weighted by molar-refractivity contribution is 0.442. The maximum absolute atomic E-state index is 11.7. The van der Waals surface area contributed by atoms with Crippen molar-refractivity contribution < 1.29 is 0 Å². The van der Waals surface area contributed by atoms with Crippen LogP contribution < -0.4 is 5.56 Å². The summed E-state index contributed by atoms with van der Waals surface area (Å²) in [5, 5.41) is 9.05. The lowest BCUT2D eigenvalue weighted by Crippen LogP contribution is -2.17. The van der Waals surface area contributed by atoms with Crippen molar-refractivity contribution in [2.75, 3.05) is 0 Å². The lowest BCUT2D eigenvalue weighted by atomic mass is 9.82. The number of aryl methyl sites for hydroxylation is 1. The smallest absolute Gasteiger partial charge is 0.266 e. The molecule has 1 N–H and O–H groups in total. The summed E-state index contributed by atoms with van der Waals surface area (Å²) < 4.78 is 0. The predicted octanol–water partition coefficient (Wildman–Crippen LogP) is 2.60. The molecule has 0 saturated heterocycles. The van der Waals surface area contributed by atoms with Gasteiger partial charge in [-0.1, -0.05) is 19.3 Å². The Labute approximate surface area is 95.1 Å². The molecule has 3 nitrogen and oxygen atoms in total. The molecule has 1 aromatic heterocycles. The van der Waals surface area contributed by atoms with Gasteiger partial charge in [0.05, 0.1) is 0 Å². The third-order valence-electron chi connectivity index (χ3n) is 3.36. The van der Waals surface area contributed by atoms with Crippen molar-refractivity contribution in [3.8, 4) is 6.07 Å². The van der Waals surface area contributed by atoms with Gasteiger partial charge in [0, 0.05) is 5.69 Å². The molecule has 1 fully saturated rings. The minimum absolute atomic E-state index is 0.233. The van der Waals surface area contributed by atoms with Crippen LogP contribution in [0, 0.1) is 18.3 Å². The molecular weight excluding hydrogens is 200 g/mol. The van der Waals surface area contributed by atoms with E-state index in [1.807, 2.05) is 19.1 Å². The van der Waals surface area contributed by atoms with E-state index in [1.165, 1.54) is 19.3 Å². The number of pyridine rings is 1. The number of rotatable bonds is 1. The number of nitrogens with one attached hydrogen (secondary N) is 1. The van der Waals surface area contributed by atoms with Crippen LogP contribution in [0.5, 0.6) is 0 Å². The van der Waals surface area contributed by atoms with Crippen LogP contribution in [0.25, 0.3) is 0 Å². The molecule has 0 bridgehead atoms. The molecule has 0 spiro atoms. The summed E-state index contributed by atoms with van der Waals surface area (Å²) in [6.07, 6.45) is 5.92. The molecule has 0 amide bonds. The number of H-pyrrole nitrogens is 1. The fourth-order valence-corrected chi connectivity index (χ4v) is 2.57. The Morgan fingerprint density at radius 3 is 2.69 bits per heavy atom. The first-order chi connectivity index (χ1) is 7.72. The molecule has 16 heavy (non-hydrogen) atoms. The quantitative estimate of drug-likeness (QED) is 0.784.